The molecular formula is C24H33NO2. The maximum absolute atomic E-state index is 10.5. The van der Waals surface area contributed by atoms with E-state index in [-0.39, 0.29) is 6.10 Å². The van der Waals surface area contributed by atoms with E-state index in [2.05, 4.69) is 43.4 Å². The number of nitrogens with one attached hydrogen (secondary N) is 1. The van der Waals surface area contributed by atoms with Gasteiger partial charge in [-0.3, -0.25) is 0 Å². The van der Waals surface area contributed by atoms with Crippen molar-refractivity contribution >= 4 is 0 Å². The largest absolute Gasteiger partial charge is 0.389 e. The standard InChI is InChI=1S/C24H33NO2/c1-18-10-9-15-23(19(18)2)25-16-22(26)17-27-24(20-11-5-3-6-12-20)21-13-7-4-8-14-21/h3-8,11-14,18-19,22-26H,9-10,15-17H2,1-2H3/t18-,19-,22+,23-/m1/s1. The van der Waals surface area contributed by atoms with E-state index < -0.39 is 6.10 Å². The highest BCUT2D eigenvalue weighted by atomic mass is 16.5. The molecule has 1 aliphatic rings. The van der Waals surface area contributed by atoms with E-state index in [1.807, 2.05) is 36.4 Å². The van der Waals surface area contributed by atoms with Gasteiger partial charge in [-0.1, -0.05) is 87.4 Å². The van der Waals surface area contributed by atoms with Crippen molar-refractivity contribution < 1.29 is 9.84 Å². The van der Waals surface area contributed by atoms with E-state index in [1.54, 1.807) is 0 Å². The lowest BCUT2D eigenvalue weighted by molar-refractivity contribution is 0.00387. The molecule has 2 aromatic carbocycles. The molecular weight excluding hydrogens is 334 g/mol. The summed E-state index contributed by atoms with van der Waals surface area (Å²) in [7, 11) is 0. The molecule has 1 saturated carbocycles. The third-order valence-electron chi connectivity index (χ3n) is 5.98. The summed E-state index contributed by atoms with van der Waals surface area (Å²) in [5.74, 6) is 1.42. The van der Waals surface area contributed by atoms with E-state index in [1.165, 1.54) is 19.3 Å². The van der Waals surface area contributed by atoms with Crippen molar-refractivity contribution in [2.75, 3.05) is 13.2 Å². The molecule has 0 saturated heterocycles. The van der Waals surface area contributed by atoms with Gasteiger partial charge in [-0.2, -0.15) is 0 Å². The highest BCUT2D eigenvalue weighted by molar-refractivity contribution is 5.29. The second-order valence-corrected chi connectivity index (χ2v) is 7.97. The maximum atomic E-state index is 10.5. The number of ether oxygens (including phenoxy) is 1. The lowest BCUT2D eigenvalue weighted by atomic mass is 9.78. The molecule has 146 valence electrons. The van der Waals surface area contributed by atoms with Crippen LogP contribution in [0.5, 0.6) is 0 Å². The van der Waals surface area contributed by atoms with E-state index in [4.69, 9.17) is 4.74 Å². The third-order valence-corrected chi connectivity index (χ3v) is 5.98. The van der Waals surface area contributed by atoms with Crippen molar-refractivity contribution in [3.63, 3.8) is 0 Å². The van der Waals surface area contributed by atoms with Crippen molar-refractivity contribution in [1.29, 1.82) is 0 Å². The Labute approximate surface area is 163 Å². The number of hydrogen-bond acceptors (Lipinski definition) is 3. The van der Waals surface area contributed by atoms with Crippen LogP contribution in [0.2, 0.25) is 0 Å². The van der Waals surface area contributed by atoms with E-state index in [9.17, 15) is 5.11 Å². The molecule has 0 spiro atoms. The Hall–Kier alpha value is -1.68. The van der Waals surface area contributed by atoms with Crippen LogP contribution in [0, 0.1) is 11.8 Å². The van der Waals surface area contributed by atoms with Crippen LogP contribution >= 0.6 is 0 Å². The molecule has 1 fully saturated rings. The number of hydrogen-bond donors (Lipinski definition) is 2. The normalized spacial score (nSPS) is 24.1. The molecule has 0 bridgehead atoms. The molecule has 0 heterocycles. The highest BCUT2D eigenvalue weighted by Gasteiger charge is 2.27. The van der Waals surface area contributed by atoms with Crippen molar-refractivity contribution in [2.45, 2.75) is 51.4 Å². The lowest BCUT2D eigenvalue weighted by Crippen LogP contribution is -2.44. The molecule has 2 aromatic rings. The smallest absolute Gasteiger partial charge is 0.108 e. The van der Waals surface area contributed by atoms with Gasteiger partial charge < -0.3 is 15.2 Å². The van der Waals surface area contributed by atoms with Crippen LogP contribution in [0.25, 0.3) is 0 Å². The van der Waals surface area contributed by atoms with Crippen molar-refractivity contribution in [2.24, 2.45) is 11.8 Å². The van der Waals surface area contributed by atoms with E-state index in [0.29, 0.717) is 25.1 Å². The average molecular weight is 368 g/mol. The second kappa shape index (κ2) is 10.0. The summed E-state index contributed by atoms with van der Waals surface area (Å²) in [6, 6.07) is 20.9. The summed E-state index contributed by atoms with van der Waals surface area (Å²) >= 11 is 0. The van der Waals surface area contributed by atoms with Crippen LogP contribution in [0.1, 0.15) is 50.3 Å². The molecule has 3 nitrogen and oxygen atoms in total. The summed E-state index contributed by atoms with van der Waals surface area (Å²) in [5.41, 5.74) is 2.22. The van der Waals surface area contributed by atoms with E-state index >= 15 is 0 Å². The maximum Gasteiger partial charge on any atom is 0.108 e. The molecule has 4 atom stereocenters. The minimum absolute atomic E-state index is 0.157. The van der Waals surface area contributed by atoms with Crippen LogP contribution in [-0.4, -0.2) is 30.4 Å². The first-order valence-electron chi connectivity index (χ1n) is 10.3. The molecule has 3 rings (SSSR count). The zero-order valence-electron chi connectivity index (χ0n) is 16.6. The van der Waals surface area contributed by atoms with Crippen LogP contribution in [-0.2, 0) is 4.74 Å². The summed E-state index contributed by atoms with van der Waals surface area (Å²) < 4.78 is 6.17. The van der Waals surface area contributed by atoms with Crippen LogP contribution in [0.15, 0.2) is 60.7 Å². The quantitative estimate of drug-likeness (QED) is 0.718. The van der Waals surface area contributed by atoms with Gasteiger partial charge in [0.1, 0.15) is 6.10 Å². The fourth-order valence-electron chi connectivity index (χ4n) is 4.06. The minimum atomic E-state index is -0.510. The Balaban J connectivity index is 1.55. The summed E-state index contributed by atoms with van der Waals surface area (Å²) in [5, 5.41) is 14.1. The third kappa shape index (κ3) is 5.65. The Bertz CT molecular complexity index is 621. The first kappa shape index (κ1) is 20.1. The number of aliphatic hydroxyl groups is 1. The predicted molar refractivity (Wildman–Crippen MR) is 111 cm³/mol. The van der Waals surface area contributed by atoms with E-state index in [0.717, 1.165) is 17.0 Å². The summed E-state index contributed by atoms with van der Waals surface area (Å²) in [6.45, 7) is 5.56. The van der Waals surface area contributed by atoms with Crippen molar-refractivity contribution in [1.82, 2.24) is 5.32 Å². The molecule has 0 aromatic heterocycles. The number of aliphatic hydroxyl groups excluding tert-OH is 1. The first-order chi connectivity index (χ1) is 13.1. The van der Waals surface area contributed by atoms with Crippen LogP contribution < -0.4 is 5.32 Å². The molecule has 27 heavy (non-hydrogen) atoms. The summed E-state index contributed by atoms with van der Waals surface area (Å²) in [4.78, 5) is 0. The van der Waals surface area contributed by atoms with Gasteiger partial charge >= 0.3 is 0 Å². The van der Waals surface area contributed by atoms with Crippen molar-refractivity contribution in [3.05, 3.63) is 71.8 Å². The van der Waals surface area contributed by atoms with Gasteiger partial charge in [0.2, 0.25) is 0 Å². The molecule has 0 unspecified atom stereocenters. The zero-order chi connectivity index (χ0) is 19.1. The molecule has 0 radical (unpaired) electrons. The molecule has 3 heteroatoms. The van der Waals surface area contributed by atoms with Gasteiger partial charge in [-0.15, -0.1) is 0 Å². The predicted octanol–water partition coefficient (Wildman–Crippen LogP) is 4.57. The Kier molecular flexibility index (Phi) is 7.45. The lowest BCUT2D eigenvalue weighted by Gasteiger charge is -2.35. The zero-order valence-corrected chi connectivity index (χ0v) is 16.6. The monoisotopic (exact) mass is 367 g/mol. The van der Waals surface area contributed by atoms with Crippen LogP contribution in [0.3, 0.4) is 0 Å². The number of rotatable bonds is 8. The molecule has 2 N–H and O–H groups in total. The molecule has 0 aliphatic heterocycles. The molecule has 1 aliphatic carbocycles. The SMILES string of the molecule is C[C@@H]1[C@H](C)CCC[C@H]1NC[C@H](O)COC(c1ccccc1)c1ccccc1. The Morgan fingerprint density at radius 3 is 2.15 bits per heavy atom. The Morgan fingerprint density at radius 1 is 0.963 bits per heavy atom. The van der Waals surface area contributed by atoms with Crippen molar-refractivity contribution in [3.8, 4) is 0 Å². The van der Waals surface area contributed by atoms with Crippen LogP contribution in [0.4, 0.5) is 0 Å². The Morgan fingerprint density at radius 2 is 1.56 bits per heavy atom. The van der Waals surface area contributed by atoms with Gasteiger partial charge in [0.25, 0.3) is 0 Å². The van der Waals surface area contributed by atoms with Gasteiger partial charge in [0.05, 0.1) is 12.7 Å². The second-order valence-electron chi connectivity index (χ2n) is 7.97. The first-order valence-corrected chi connectivity index (χ1v) is 10.3. The van der Waals surface area contributed by atoms with Gasteiger partial charge in [-0.05, 0) is 29.4 Å². The topological polar surface area (TPSA) is 41.5 Å². The average Bonchev–Trinajstić information content (AvgIpc) is 2.71. The fourth-order valence-corrected chi connectivity index (χ4v) is 4.06. The van der Waals surface area contributed by atoms with Gasteiger partial charge in [0.15, 0.2) is 0 Å². The summed E-state index contributed by atoms with van der Waals surface area (Å²) in [6.07, 6.45) is 3.14. The van der Waals surface area contributed by atoms with Gasteiger partial charge in [0, 0.05) is 12.6 Å². The molecule has 0 amide bonds. The highest BCUT2D eigenvalue weighted by Crippen LogP contribution is 2.29. The fraction of sp³-hybridized carbons (Fsp3) is 0.500. The minimum Gasteiger partial charge on any atom is -0.389 e. The van der Waals surface area contributed by atoms with Gasteiger partial charge in [-0.25, -0.2) is 0 Å². The number of benzene rings is 2.